The summed E-state index contributed by atoms with van der Waals surface area (Å²) < 4.78 is 14.6. The molecule has 0 spiro atoms. The molecule has 0 bridgehead atoms. The highest BCUT2D eigenvalue weighted by molar-refractivity contribution is 9.10. The average molecular weight is 290 g/mol. The standard InChI is InChI=1S/C11H13BrFNS/c1-7-6-15-11(2,14-7)9-5-8(12)3-4-10(9)13/h3-5,7,14H,6H2,1-2H3. The van der Waals surface area contributed by atoms with E-state index in [0.717, 1.165) is 15.8 Å². The van der Waals surface area contributed by atoms with Gasteiger partial charge in [0, 0.05) is 21.8 Å². The molecular weight excluding hydrogens is 277 g/mol. The van der Waals surface area contributed by atoms with Crippen LogP contribution >= 0.6 is 27.7 Å². The Hall–Kier alpha value is -0.0600. The zero-order valence-corrected chi connectivity index (χ0v) is 11.1. The smallest absolute Gasteiger partial charge is 0.129 e. The van der Waals surface area contributed by atoms with E-state index in [1.807, 2.05) is 13.0 Å². The summed E-state index contributed by atoms with van der Waals surface area (Å²) in [6.07, 6.45) is 0. The van der Waals surface area contributed by atoms with Gasteiger partial charge in [-0.05, 0) is 32.0 Å². The molecule has 0 aliphatic carbocycles. The quantitative estimate of drug-likeness (QED) is 0.849. The summed E-state index contributed by atoms with van der Waals surface area (Å²) in [7, 11) is 0. The highest BCUT2D eigenvalue weighted by Gasteiger charge is 2.36. The van der Waals surface area contributed by atoms with Gasteiger partial charge in [-0.15, -0.1) is 11.8 Å². The monoisotopic (exact) mass is 289 g/mol. The summed E-state index contributed by atoms with van der Waals surface area (Å²) >= 11 is 5.14. The number of benzene rings is 1. The van der Waals surface area contributed by atoms with Gasteiger partial charge in [0.25, 0.3) is 0 Å². The van der Waals surface area contributed by atoms with Crippen molar-refractivity contribution in [2.24, 2.45) is 0 Å². The molecule has 1 saturated heterocycles. The van der Waals surface area contributed by atoms with Crippen LogP contribution in [0.4, 0.5) is 4.39 Å². The van der Waals surface area contributed by atoms with Crippen molar-refractivity contribution in [1.82, 2.24) is 5.32 Å². The largest absolute Gasteiger partial charge is 0.296 e. The lowest BCUT2D eigenvalue weighted by Crippen LogP contribution is -2.36. The van der Waals surface area contributed by atoms with Crippen molar-refractivity contribution in [2.75, 3.05) is 5.75 Å². The third kappa shape index (κ3) is 2.22. The zero-order valence-electron chi connectivity index (χ0n) is 8.68. The molecule has 2 rings (SSSR count). The van der Waals surface area contributed by atoms with Gasteiger partial charge in [-0.3, -0.25) is 5.32 Å². The van der Waals surface area contributed by atoms with E-state index in [1.54, 1.807) is 17.8 Å². The minimum Gasteiger partial charge on any atom is -0.296 e. The molecule has 1 nitrogen and oxygen atoms in total. The molecule has 15 heavy (non-hydrogen) atoms. The lowest BCUT2D eigenvalue weighted by atomic mass is 10.1. The van der Waals surface area contributed by atoms with Crippen LogP contribution in [0.5, 0.6) is 0 Å². The molecule has 4 heteroatoms. The fraction of sp³-hybridized carbons (Fsp3) is 0.455. The summed E-state index contributed by atoms with van der Waals surface area (Å²) in [5, 5.41) is 3.42. The maximum atomic E-state index is 13.7. The Balaban J connectivity index is 2.40. The van der Waals surface area contributed by atoms with E-state index in [-0.39, 0.29) is 10.7 Å². The van der Waals surface area contributed by atoms with Crippen molar-refractivity contribution >= 4 is 27.7 Å². The van der Waals surface area contributed by atoms with Gasteiger partial charge >= 0.3 is 0 Å². The summed E-state index contributed by atoms with van der Waals surface area (Å²) in [5.41, 5.74) is 0.728. The molecule has 0 radical (unpaired) electrons. The predicted molar refractivity (Wildman–Crippen MR) is 66.5 cm³/mol. The van der Waals surface area contributed by atoms with Crippen LogP contribution in [0.15, 0.2) is 22.7 Å². The molecule has 1 aliphatic heterocycles. The highest BCUT2D eigenvalue weighted by atomic mass is 79.9. The average Bonchev–Trinajstić information content (AvgIpc) is 2.52. The predicted octanol–water partition coefficient (Wildman–Crippen LogP) is 3.49. The molecule has 1 fully saturated rings. The van der Waals surface area contributed by atoms with Crippen molar-refractivity contribution in [3.05, 3.63) is 34.1 Å². The fourth-order valence-electron chi connectivity index (χ4n) is 1.86. The summed E-state index contributed by atoms with van der Waals surface area (Å²) in [4.78, 5) is -0.298. The number of halogens is 2. The maximum absolute atomic E-state index is 13.7. The second kappa shape index (κ2) is 4.07. The maximum Gasteiger partial charge on any atom is 0.129 e. The first-order chi connectivity index (χ1) is 7.01. The summed E-state index contributed by atoms with van der Waals surface area (Å²) in [6.45, 7) is 4.15. The van der Waals surface area contributed by atoms with Crippen LogP contribution in [0.3, 0.4) is 0 Å². The lowest BCUT2D eigenvalue weighted by Gasteiger charge is -2.25. The minimum atomic E-state index is -0.298. The van der Waals surface area contributed by atoms with E-state index < -0.39 is 0 Å². The van der Waals surface area contributed by atoms with Gasteiger partial charge in [0.1, 0.15) is 5.82 Å². The molecule has 1 aliphatic rings. The highest BCUT2D eigenvalue weighted by Crippen LogP contribution is 2.40. The van der Waals surface area contributed by atoms with Crippen molar-refractivity contribution < 1.29 is 4.39 Å². The zero-order chi connectivity index (χ0) is 11.1. The van der Waals surface area contributed by atoms with E-state index in [0.29, 0.717) is 6.04 Å². The first kappa shape index (κ1) is 11.4. The van der Waals surface area contributed by atoms with Crippen LogP contribution in [0.1, 0.15) is 19.4 Å². The van der Waals surface area contributed by atoms with Crippen LogP contribution in [0.2, 0.25) is 0 Å². The Kier molecular flexibility index (Phi) is 3.10. The van der Waals surface area contributed by atoms with E-state index in [4.69, 9.17) is 0 Å². The van der Waals surface area contributed by atoms with Crippen molar-refractivity contribution in [2.45, 2.75) is 24.8 Å². The summed E-state index contributed by atoms with van der Waals surface area (Å²) in [6, 6.07) is 5.52. The number of hydrogen-bond donors (Lipinski definition) is 1. The first-order valence-electron chi connectivity index (χ1n) is 4.88. The lowest BCUT2D eigenvalue weighted by molar-refractivity contribution is 0.475. The second-order valence-electron chi connectivity index (χ2n) is 4.01. The normalized spacial score (nSPS) is 30.8. The van der Waals surface area contributed by atoms with Gasteiger partial charge in [-0.25, -0.2) is 4.39 Å². The van der Waals surface area contributed by atoms with Crippen LogP contribution in [-0.4, -0.2) is 11.8 Å². The van der Waals surface area contributed by atoms with Crippen LogP contribution in [0.25, 0.3) is 0 Å². The molecule has 1 heterocycles. The number of rotatable bonds is 1. The third-order valence-corrected chi connectivity index (χ3v) is 4.66. The van der Waals surface area contributed by atoms with Crippen LogP contribution in [0, 0.1) is 5.82 Å². The van der Waals surface area contributed by atoms with Gasteiger partial charge in [0.05, 0.1) is 4.87 Å². The van der Waals surface area contributed by atoms with Gasteiger partial charge in [-0.1, -0.05) is 15.9 Å². The topological polar surface area (TPSA) is 12.0 Å². The Labute approximate surface area is 102 Å². The number of hydrogen-bond acceptors (Lipinski definition) is 2. The Morgan fingerprint density at radius 2 is 2.33 bits per heavy atom. The Morgan fingerprint density at radius 3 is 2.93 bits per heavy atom. The molecule has 2 atom stereocenters. The van der Waals surface area contributed by atoms with Gasteiger partial charge in [0.15, 0.2) is 0 Å². The summed E-state index contributed by atoms with van der Waals surface area (Å²) in [5.74, 6) is 0.873. The minimum absolute atomic E-state index is 0.144. The molecule has 1 aromatic carbocycles. The fourth-order valence-corrected chi connectivity index (χ4v) is 3.49. The van der Waals surface area contributed by atoms with E-state index in [9.17, 15) is 4.39 Å². The van der Waals surface area contributed by atoms with Crippen molar-refractivity contribution in [1.29, 1.82) is 0 Å². The Morgan fingerprint density at radius 1 is 1.60 bits per heavy atom. The van der Waals surface area contributed by atoms with E-state index >= 15 is 0 Å². The molecule has 0 aromatic heterocycles. The number of nitrogens with one attached hydrogen (secondary N) is 1. The molecule has 1 aromatic rings. The van der Waals surface area contributed by atoms with Crippen LogP contribution in [-0.2, 0) is 4.87 Å². The SMILES string of the molecule is CC1CSC(C)(c2cc(Br)ccc2F)N1. The van der Waals surface area contributed by atoms with Gasteiger partial charge < -0.3 is 0 Å². The van der Waals surface area contributed by atoms with Crippen LogP contribution < -0.4 is 5.32 Å². The van der Waals surface area contributed by atoms with Crippen molar-refractivity contribution in [3.8, 4) is 0 Å². The van der Waals surface area contributed by atoms with Gasteiger partial charge in [0.2, 0.25) is 0 Å². The second-order valence-corrected chi connectivity index (χ2v) is 6.37. The molecule has 2 unspecified atom stereocenters. The molecule has 1 N–H and O–H groups in total. The molecular formula is C11H13BrFNS. The van der Waals surface area contributed by atoms with E-state index in [1.165, 1.54) is 6.07 Å². The van der Waals surface area contributed by atoms with E-state index in [2.05, 4.69) is 28.2 Å². The Bertz CT molecular complexity index is 385. The third-order valence-electron chi connectivity index (χ3n) is 2.59. The van der Waals surface area contributed by atoms with Crippen molar-refractivity contribution in [3.63, 3.8) is 0 Å². The molecule has 0 amide bonds. The molecule has 82 valence electrons. The molecule has 0 saturated carbocycles. The van der Waals surface area contributed by atoms with Gasteiger partial charge in [-0.2, -0.15) is 0 Å². The number of thioether (sulfide) groups is 1. The first-order valence-corrected chi connectivity index (χ1v) is 6.66.